The van der Waals surface area contributed by atoms with Crippen LogP contribution in [0.25, 0.3) is 0 Å². The zero-order chi connectivity index (χ0) is 16.1. The number of methoxy groups -OCH3 is 1. The second kappa shape index (κ2) is 7.68. The van der Waals surface area contributed by atoms with Crippen LogP contribution in [-0.2, 0) is 0 Å². The van der Waals surface area contributed by atoms with E-state index in [-0.39, 0.29) is 12.0 Å². The van der Waals surface area contributed by atoms with Gasteiger partial charge in [0.25, 0.3) is 5.91 Å². The molecule has 1 amide bonds. The first-order valence-electron chi connectivity index (χ1n) is 8.67. The summed E-state index contributed by atoms with van der Waals surface area (Å²) in [4.78, 5) is 12.5. The smallest absolute Gasteiger partial charge is 0.265 e. The molecule has 1 aliphatic heterocycles. The molecular formula is C18H26N2O3. The molecule has 0 bridgehead atoms. The fourth-order valence-electron chi connectivity index (χ4n) is 3.31. The quantitative estimate of drug-likeness (QED) is 0.906. The molecule has 1 saturated carbocycles. The summed E-state index contributed by atoms with van der Waals surface area (Å²) in [5.41, 5.74) is 3.61. The van der Waals surface area contributed by atoms with Gasteiger partial charge in [0.2, 0.25) is 0 Å². The third-order valence-corrected chi connectivity index (χ3v) is 4.64. The highest BCUT2D eigenvalue weighted by molar-refractivity contribution is 5.94. The number of carbonyl (C=O) groups excluding carboxylic acids is 1. The molecule has 0 radical (unpaired) electrons. The van der Waals surface area contributed by atoms with Gasteiger partial charge in [0.1, 0.15) is 0 Å². The van der Waals surface area contributed by atoms with Gasteiger partial charge in [-0.25, -0.2) is 5.01 Å². The van der Waals surface area contributed by atoms with Crippen molar-refractivity contribution in [2.45, 2.75) is 51.0 Å². The standard InChI is InChI=1S/C18H26N2O3/c1-22-16-10-9-14(13-17(16)23-15-7-3-4-8-15)18(21)19-20-11-5-2-6-12-20/h9-10,13,15H,2-8,11-12H2,1H3,(H,19,21). The summed E-state index contributed by atoms with van der Waals surface area (Å²) in [6.07, 6.45) is 8.33. The van der Waals surface area contributed by atoms with E-state index in [2.05, 4.69) is 5.43 Å². The molecule has 1 heterocycles. The Morgan fingerprint density at radius 3 is 2.52 bits per heavy atom. The van der Waals surface area contributed by atoms with E-state index < -0.39 is 0 Å². The molecule has 1 aliphatic carbocycles. The maximum absolute atomic E-state index is 12.5. The molecule has 2 fully saturated rings. The Hall–Kier alpha value is -1.75. The van der Waals surface area contributed by atoms with Crippen molar-refractivity contribution in [3.8, 4) is 11.5 Å². The van der Waals surface area contributed by atoms with Crippen LogP contribution in [-0.4, -0.2) is 37.2 Å². The van der Waals surface area contributed by atoms with Crippen LogP contribution >= 0.6 is 0 Å². The molecule has 1 aromatic rings. The lowest BCUT2D eigenvalue weighted by molar-refractivity contribution is 0.0749. The largest absolute Gasteiger partial charge is 0.493 e. The second-order valence-electron chi connectivity index (χ2n) is 6.38. The van der Waals surface area contributed by atoms with Crippen LogP contribution in [0.5, 0.6) is 11.5 Å². The SMILES string of the molecule is COc1ccc(C(=O)NN2CCCCC2)cc1OC1CCCC1. The summed E-state index contributed by atoms with van der Waals surface area (Å²) in [5, 5.41) is 2.01. The zero-order valence-electron chi connectivity index (χ0n) is 13.8. The van der Waals surface area contributed by atoms with Gasteiger partial charge >= 0.3 is 0 Å². The van der Waals surface area contributed by atoms with Gasteiger partial charge < -0.3 is 9.47 Å². The van der Waals surface area contributed by atoms with Crippen molar-refractivity contribution in [1.82, 2.24) is 10.4 Å². The fraction of sp³-hybridized carbons (Fsp3) is 0.611. The van der Waals surface area contributed by atoms with E-state index in [4.69, 9.17) is 9.47 Å². The summed E-state index contributed by atoms with van der Waals surface area (Å²) in [6, 6.07) is 5.41. The van der Waals surface area contributed by atoms with Gasteiger partial charge in [-0.3, -0.25) is 10.2 Å². The van der Waals surface area contributed by atoms with Crippen molar-refractivity contribution in [2.24, 2.45) is 0 Å². The van der Waals surface area contributed by atoms with Crippen molar-refractivity contribution in [1.29, 1.82) is 0 Å². The number of piperidine rings is 1. The molecule has 3 rings (SSSR count). The van der Waals surface area contributed by atoms with Gasteiger partial charge in [0.05, 0.1) is 13.2 Å². The van der Waals surface area contributed by atoms with E-state index in [1.165, 1.54) is 19.3 Å². The maximum Gasteiger partial charge on any atom is 0.265 e. The van der Waals surface area contributed by atoms with Gasteiger partial charge in [0.15, 0.2) is 11.5 Å². The molecule has 1 aromatic carbocycles. The number of hydrogen-bond acceptors (Lipinski definition) is 4. The van der Waals surface area contributed by atoms with E-state index in [1.807, 2.05) is 11.1 Å². The van der Waals surface area contributed by atoms with Crippen LogP contribution in [0.3, 0.4) is 0 Å². The van der Waals surface area contributed by atoms with E-state index >= 15 is 0 Å². The summed E-state index contributed by atoms with van der Waals surface area (Å²) >= 11 is 0. The Morgan fingerprint density at radius 2 is 1.83 bits per heavy atom. The molecule has 5 nitrogen and oxygen atoms in total. The first kappa shape index (κ1) is 16.1. The zero-order valence-corrected chi connectivity index (χ0v) is 13.8. The molecule has 126 valence electrons. The van der Waals surface area contributed by atoms with Gasteiger partial charge in [-0.15, -0.1) is 0 Å². The topological polar surface area (TPSA) is 50.8 Å². The summed E-state index contributed by atoms with van der Waals surface area (Å²) < 4.78 is 11.4. The minimum absolute atomic E-state index is 0.0779. The molecule has 5 heteroatoms. The average molecular weight is 318 g/mol. The average Bonchev–Trinajstić information content (AvgIpc) is 3.09. The lowest BCUT2D eigenvalue weighted by atomic mass is 10.1. The molecule has 0 atom stereocenters. The number of rotatable bonds is 5. The van der Waals surface area contributed by atoms with Crippen LogP contribution in [0, 0.1) is 0 Å². The van der Waals surface area contributed by atoms with Gasteiger partial charge in [-0.05, 0) is 56.7 Å². The normalized spacial score (nSPS) is 19.5. The summed E-state index contributed by atoms with van der Waals surface area (Å²) in [5.74, 6) is 1.28. The number of hydrogen-bond donors (Lipinski definition) is 1. The van der Waals surface area contributed by atoms with Gasteiger partial charge in [-0.2, -0.15) is 0 Å². The van der Waals surface area contributed by atoms with Gasteiger partial charge in [0, 0.05) is 18.7 Å². The second-order valence-corrected chi connectivity index (χ2v) is 6.38. The molecule has 0 unspecified atom stereocenters. The highest BCUT2D eigenvalue weighted by atomic mass is 16.5. The minimum atomic E-state index is -0.0779. The summed E-state index contributed by atoms with van der Waals surface area (Å²) in [7, 11) is 1.63. The molecular weight excluding hydrogens is 292 g/mol. The van der Waals surface area contributed by atoms with Crippen molar-refractivity contribution in [3.63, 3.8) is 0 Å². The number of nitrogens with zero attached hydrogens (tertiary/aromatic N) is 1. The van der Waals surface area contributed by atoms with Gasteiger partial charge in [-0.1, -0.05) is 6.42 Å². The van der Waals surface area contributed by atoms with E-state index in [1.54, 1.807) is 19.2 Å². The Morgan fingerprint density at radius 1 is 1.09 bits per heavy atom. The van der Waals surface area contributed by atoms with Crippen molar-refractivity contribution >= 4 is 5.91 Å². The lowest BCUT2D eigenvalue weighted by Crippen LogP contribution is -2.45. The Labute approximate surface area is 137 Å². The van der Waals surface area contributed by atoms with Crippen molar-refractivity contribution < 1.29 is 14.3 Å². The molecule has 1 N–H and O–H groups in total. The first-order chi connectivity index (χ1) is 11.3. The fourth-order valence-corrected chi connectivity index (χ4v) is 3.31. The number of benzene rings is 1. The highest BCUT2D eigenvalue weighted by Gasteiger charge is 2.20. The van der Waals surface area contributed by atoms with E-state index in [0.29, 0.717) is 17.1 Å². The first-order valence-corrected chi connectivity index (χ1v) is 8.67. The number of carbonyl (C=O) groups is 1. The third-order valence-electron chi connectivity index (χ3n) is 4.64. The Bertz CT molecular complexity index is 535. The van der Waals surface area contributed by atoms with E-state index in [9.17, 15) is 4.79 Å². The molecule has 1 saturated heterocycles. The predicted octanol–water partition coefficient (Wildman–Crippen LogP) is 3.15. The van der Waals surface area contributed by atoms with Crippen LogP contribution in [0.4, 0.5) is 0 Å². The highest BCUT2D eigenvalue weighted by Crippen LogP contribution is 2.32. The molecule has 0 aromatic heterocycles. The van der Waals surface area contributed by atoms with Crippen molar-refractivity contribution in [3.05, 3.63) is 23.8 Å². The lowest BCUT2D eigenvalue weighted by Gasteiger charge is -2.27. The third kappa shape index (κ3) is 4.16. The molecule has 2 aliphatic rings. The van der Waals surface area contributed by atoms with Crippen molar-refractivity contribution in [2.75, 3.05) is 20.2 Å². The number of hydrazine groups is 1. The Balaban J connectivity index is 1.69. The van der Waals surface area contributed by atoms with Crippen LogP contribution < -0.4 is 14.9 Å². The van der Waals surface area contributed by atoms with E-state index in [0.717, 1.165) is 38.8 Å². The monoisotopic (exact) mass is 318 g/mol. The van der Waals surface area contributed by atoms with Crippen LogP contribution in [0.15, 0.2) is 18.2 Å². The minimum Gasteiger partial charge on any atom is -0.493 e. The summed E-state index contributed by atoms with van der Waals surface area (Å²) in [6.45, 7) is 1.85. The van der Waals surface area contributed by atoms with Crippen LogP contribution in [0.1, 0.15) is 55.3 Å². The van der Waals surface area contributed by atoms with Crippen LogP contribution in [0.2, 0.25) is 0 Å². The number of amides is 1. The number of ether oxygens (including phenoxy) is 2. The number of nitrogens with one attached hydrogen (secondary N) is 1. The maximum atomic E-state index is 12.5. The Kier molecular flexibility index (Phi) is 5.39. The predicted molar refractivity (Wildman–Crippen MR) is 88.8 cm³/mol. The molecule has 0 spiro atoms. The molecule has 23 heavy (non-hydrogen) atoms.